The lowest BCUT2D eigenvalue weighted by molar-refractivity contribution is -0.141. The molecule has 1 aliphatic heterocycles. The second kappa shape index (κ2) is 5.27. The molecule has 106 valence electrons. The topological polar surface area (TPSA) is 57.6 Å². The Morgan fingerprint density at radius 1 is 1.25 bits per heavy atom. The molecule has 1 atom stereocenters. The molecule has 1 aliphatic carbocycles. The van der Waals surface area contributed by atoms with E-state index >= 15 is 0 Å². The van der Waals surface area contributed by atoms with Gasteiger partial charge >= 0.3 is 5.97 Å². The molecule has 1 N–H and O–H groups in total. The number of hydrogen-bond acceptors (Lipinski definition) is 2. The van der Waals surface area contributed by atoms with Gasteiger partial charge in [-0.2, -0.15) is 0 Å². The maximum Gasteiger partial charge on any atom is 0.308 e. The molecule has 0 aromatic heterocycles. The summed E-state index contributed by atoms with van der Waals surface area (Å²) < 4.78 is 0. The first-order chi connectivity index (χ1) is 9.63. The number of hydrogen-bond donors (Lipinski definition) is 1. The van der Waals surface area contributed by atoms with Crippen LogP contribution >= 0.6 is 0 Å². The summed E-state index contributed by atoms with van der Waals surface area (Å²) in [7, 11) is 0. The van der Waals surface area contributed by atoms with Gasteiger partial charge in [-0.25, -0.2) is 0 Å². The summed E-state index contributed by atoms with van der Waals surface area (Å²) in [5, 5.41) is 8.97. The third-order valence-electron chi connectivity index (χ3n) is 4.41. The minimum Gasteiger partial charge on any atom is -0.481 e. The molecule has 20 heavy (non-hydrogen) atoms. The van der Waals surface area contributed by atoms with Crippen molar-refractivity contribution in [2.24, 2.45) is 5.92 Å². The van der Waals surface area contributed by atoms with Crippen LogP contribution < -0.4 is 0 Å². The summed E-state index contributed by atoms with van der Waals surface area (Å²) in [5.41, 5.74) is 3.84. The van der Waals surface area contributed by atoms with Gasteiger partial charge in [-0.1, -0.05) is 18.2 Å². The van der Waals surface area contributed by atoms with Crippen molar-refractivity contribution in [3.63, 3.8) is 0 Å². The van der Waals surface area contributed by atoms with E-state index in [9.17, 15) is 9.59 Å². The Morgan fingerprint density at radius 3 is 2.80 bits per heavy atom. The zero-order chi connectivity index (χ0) is 14.1. The van der Waals surface area contributed by atoms with Crippen LogP contribution in [0.2, 0.25) is 0 Å². The second-order valence-electron chi connectivity index (χ2n) is 5.80. The number of amides is 1. The molecule has 0 bridgehead atoms. The maximum atomic E-state index is 12.2. The lowest BCUT2D eigenvalue weighted by Crippen LogP contribution is -2.31. The number of nitrogens with zero attached hydrogens (tertiary/aromatic N) is 1. The first-order valence-corrected chi connectivity index (χ1v) is 7.25. The maximum absolute atomic E-state index is 12.2. The molecule has 1 aromatic rings. The van der Waals surface area contributed by atoms with Crippen molar-refractivity contribution in [1.29, 1.82) is 0 Å². The Bertz CT molecular complexity index is 553. The molecule has 1 saturated heterocycles. The molecule has 0 spiro atoms. The van der Waals surface area contributed by atoms with Crippen LogP contribution in [0.25, 0.3) is 0 Å². The number of fused-ring (bicyclic) bond motifs is 1. The largest absolute Gasteiger partial charge is 0.481 e. The van der Waals surface area contributed by atoms with Crippen LogP contribution in [0.5, 0.6) is 0 Å². The van der Waals surface area contributed by atoms with Crippen molar-refractivity contribution in [2.75, 3.05) is 13.1 Å². The zero-order valence-corrected chi connectivity index (χ0v) is 11.5. The molecule has 0 saturated carbocycles. The molecular formula is C16H19NO3. The van der Waals surface area contributed by atoms with Gasteiger partial charge in [0.05, 0.1) is 12.3 Å². The number of carboxylic acids is 1. The Kier molecular flexibility index (Phi) is 3.47. The summed E-state index contributed by atoms with van der Waals surface area (Å²) in [5.74, 6) is -1.14. The normalized spacial score (nSPS) is 21.0. The van der Waals surface area contributed by atoms with Crippen molar-refractivity contribution in [3.05, 3.63) is 34.9 Å². The van der Waals surface area contributed by atoms with E-state index in [0.29, 0.717) is 25.9 Å². The summed E-state index contributed by atoms with van der Waals surface area (Å²) in [6.45, 7) is 0.930. The lowest BCUT2D eigenvalue weighted by atomic mass is 10.0. The van der Waals surface area contributed by atoms with Crippen LogP contribution in [-0.4, -0.2) is 35.0 Å². The quantitative estimate of drug-likeness (QED) is 0.911. The van der Waals surface area contributed by atoms with Crippen LogP contribution in [-0.2, 0) is 28.9 Å². The molecule has 1 amide bonds. The molecule has 0 unspecified atom stereocenters. The van der Waals surface area contributed by atoms with Crippen LogP contribution in [0.15, 0.2) is 18.2 Å². The molecule has 4 heteroatoms. The summed E-state index contributed by atoms with van der Waals surface area (Å²) in [6.07, 6.45) is 4.43. The zero-order valence-electron chi connectivity index (χ0n) is 11.5. The van der Waals surface area contributed by atoms with Crippen LogP contribution in [0.1, 0.15) is 29.5 Å². The number of benzene rings is 1. The monoisotopic (exact) mass is 273 g/mol. The average molecular weight is 273 g/mol. The number of carboxylic acid groups (broad SMARTS) is 1. The highest BCUT2D eigenvalue weighted by Gasteiger charge is 2.30. The van der Waals surface area contributed by atoms with Gasteiger partial charge in [0.15, 0.2) is 0 Å². The molecule has 0 radical (unpaired) electrons. The molecule has 1 aromatic carbocycles. The molecule has 4 nitrogen and oxygen atoms in total. The number of carbonyl (C=O) groups excluding carboxylic acids is 1. The molecule has 3 rings (SSSR count). The van der Waals surface area contributed by atoms with Crippen molar-refractivity contribution in [2.45, 2.75) is 32.1 Å². The van der Waals surface area contributed by atoms with Gasteiger partial charge in [0.2, 0.25) is 5.91 Å². The van der Waals surface area contributed by atoms with E-state index in [1.165, 1.54) is 17.5 Å². The lowest BCUT2D eigenvalue weighted by Gasteiger charge is -2.16. The highest BCUT2D eigenvalue weighted by atomic mass is 16.4. The Hall–Kier alpha value is -1.84. The molecule has 1 fully saturated rings. The van der Waals surface area contributed by atoms with E-state index < -0.39 is 5.97 Å². The van der Waals surface area contributed by atoms with Gasteiger partial charge in [-0.15, -0.1) is 0 Å². The molecule has 2 aliphatic rings. The Morgan fingerprint density at radius 2 is 2.05 bits per heavy atom. The Balaban J connectivity index is 1.63. The van der Waals surface area contributed by atoms with Gasteiger partial charge in [-0.05, 0) is 42.4 Å². The predicted octanol–water partition coefficient (Wildman–Crippen LogP) is 1.65. The van der Waals surface area contributed by atoms with E-state index in [1.807, 2.05) is 6.07 Å². The van der Waals surface area contributed by atoms with Crippen LogP contribution in [0.3, 0.4) is 0 Å². The van der Waals surface area contributed by atoms with E-state index in [0.717, 1.165) is 18.4 Å². The van der Waals surface area contributed by atoms with Crippen molar-refractivity contribution in [3.8, 4) is 0 Å². The van der Waals surface area contributed by atoms with Crippen LogP contribution in [0, 0.1) is 5.92 Å². The summed E-state index contributed by atoms with van der Waals surface area (Å²) >= 11 is 0. The van der Waals surface area contributed by atoms with Gasteiger partial charge < -0.3 is 10.0 Å². The standard InChI is InChI=1S/C16H19NO3/c18-15(17-7-6-14(10-17)16(19)20)9-11-4-5-12-2-1-3-13(12)8-11/h4-5,8,14H,1-3,6-7,9-10H2,(H,19,20)/t14-/m1/s1. The third-order valence-corrected chi connectivity index (χ3v) is 4.41. The van der Waals surface area contributed by atoms with Crippen LogP contribution in [0.4, 0.5) is 0 Å². The SMILES string of the molecule is O=C(O)[C@@H]1CCN(C(=O)Cc2ccc3c(c2)CCC3)C1. The number of likely N-dealkylation sites (tertiary alicyclic amines) is 1. The van der Waals surface area contributed by atoms with Gasteiger partial charge in [0, 0.05) is 13.1 Å². The van der Waals surface area contributed by atoms with Crippen molar-refractivity contribution in [1.82, 2.24) is 4.90 Å². The minimum absolute atomic E-state index is 0.0479. The first kappa shape index (κ1) is 13.2. The van der Waals surface area contributed by atoms with Gasteiger partial charge in [-0.3, -0.25) is 9.59 Å². The van der Waals surface area contributed by atoms with E-state index in [1.54, 1.807) is 4.90 Å². The highest BCUT2D eigenvalue weighted by molar-refractivity contribution is 5.80. The summed E-state index contributed by atoms with van der Waals surface area (Å²) in [6, 6.07) is 6.31. The fourth-order valence-corrected chi connectivity index (χ4v) is 3.21. The highest BCUT2D eigenvalue weighted by Crippen LogP contribution is 2.24. The molecule has 1 heterocycles. The van der Waals surface area contributed by atoms with E-state index in [4.69, 9.17) is 5.11 Å². The first-order valence-electron chi connectivity index (χ1n) is 7.25. The second-order valence-corrected chi connectivity index (χ2v) is 5.80. The average Bonchev–Trinajstić information content (AvgIpc) is 3.07. The minimum atomic E-state index is -0.794. The van der Waals surface area contributed by atoms with Crippen molar-refractivity contribution >= 4 is 11.9 Å². The Labute approximate surface area is 118 Å². The third kappa shape index (κ3) is 2.55. The van der Waals surface area contributed by atoms with Gasteiger partial charge in [0.1, 0.15) is 0 Å². The number of carbonyl (C=O) groups is 2. The van der Waals surface area contributed by atoms with E-state index in [-0.39, 0.29) is 11.8 Å². The fraction of sp³-hybridized carbons (Fsp3) is 0.500. The number of aliphatic carboxylic acids is 1. The predicted molar refractivity (Wildman–Crippen MR) is 74.5 cm³/mol. The fourth-order valence-electron chi connectivity index (χ4n) is 3.21. The number of rotatable bonds is 3. The molecular weight excluding hydrogens is 254 g/mol. The number of aryl methyl sites for hydroxylation is 2. The van der Waals surface area contributed by atoms with Crippen molar-refractivity contribution < 1.29 is 14.7 Å². The van der Waals surface area contributed by atoms with E-state index in [2.05, 4.69) is 12.1 Å². The smallest absolute Gasteiger partial charge is 0.308 e. The summed E-state index contributed by atoms with van der Waals surface area (Å²) in [4.78, 5) is 24.8. The van der Waals surface area contributed by atoms with Gasteiger partial charge in [0.25, 0.3) is 0 Å².